The Balaban J connectivity index is 1.70. The van der Waals surface area contributed by atoms with Gasteiger partial charge in [0.05, 0.1) is 0 Å². The molecule has 0 saturated heterocycles. The Hall–Kier alpha value is -1.92. The fraction of sp³-hybridized carbons (Fsp3) is 0.214. The van der Waals surface area contributed by atoms with Crippen LogP contribution in [0, 0.1) is 0 Å². The molecule has 0 saturated carbocycles. The van der Waals surface area contributed by atoms with Gasteiger partial charge in [0.15, 0.2) is 5.13 Å². The van der Waals surface area contributed by atoms with E-state index in [0.717, 1.165) is 5.56 Å². The van der Waals surface area contributed by atoms with Gasteiger partial charge in [-0.1, -0.05) is 29.8 Å². The Labute approximate surface area is 131 Å². The smallest absolute Gasteiger partial charge is 0.226 e. The van der Waals surface area contributed by atoms with Crippen LogP contribution in [0.5, 0.6) is 0 Å². The SMILES string of the molecule is O=C(CCC(=O)Nc1nccs1)NCc1ccccc1Cl. The van der Waals surface area contributed by atoms with Crippen molar-refractivity contribution in [2.75, 3.05) is 5.32 Å². The number of thiazole rings is 1. The van der Waals surface area contributed by atoms with E-state index in [0.29, 0.717) is 16.7 Å². The van der Waals surface area contributed by atoms with Crippen LogP contribution in [0.1, 0.15) is 18.4 Å². The highest BCUT2D eigenvalue weighted by Gasteiger charge is 2.08. The number of aromatic nitrogens is 1. The topological polar surface area (TPSA) is 71.1 Å². The lowest BCUT2D eigenvalue weighted by Gasteiger charge is -2.06. The summed E-state index contributed by atoms with van der Waals surface area (Å²) >= 11 is 7.33. The monoisotopic (exact) mass is 323 g/mol. The minimum Gasteiger partial charge on any atom is -0.352 e. The van der Waals surface area contributed by atoms with Crippen LogP contribution in [-0.2, 0) is 16.1 Å². The van der Waals surface area contributed by atoms with Crippen LogP contribution in [0.4, 0.5) is 5.13 Å². The molecule has 2 amide bonds. The first kappa shape index (κ1) is 15.5. The number of anilines is 1. The van der Waals surface area contributed by atoms with Crippen molar-refractivity contribution in [3.05, 3.63) is 46.4 Å². The summed E-state index contributed by atoms with van der Waals surface area (Å²) in [4.78, 5) is 27.2. The lowest BCUT2D eigenvalue weighted by Crippen LogP contribution is -2.24. The molecule has 0 radical (unpaired) electrons. The van der Waals surface area contributed by atoms with Crippen LogP contribution in [0.2, 0.25) is 5.02 Å². The molecule has 0 fully saturated rings. The molecule has 2 aromatic rings. The third kappa shape index (κ3) is 5.17. The van der Waals surface area contributed by atoms with Gasteiger partial charge in [-0.25, -0.2) is 4.98 Å². The molecule has 0 spiro atoms. The summed E-state index contributed by atoms with van der Waals surface area (Å²) < 4.78 is 0. The number of carbonyl (C=O) groups excluding carboxylic acids is 2. The van der Waals surface area contributed by atoms with Crippen molar-refractivity contribution in [3.63, 3.8) is 0 Å². The van der Waals surface area contributed by atoms with Crippen LogP contribution in [0.25, 0.3) is 0 Å². The molecule has 110 valence electrons. The average Bonchev–Trinajstić information content (AvgIpc) is 2.97. The van der Waals surface area contributed by atoms with E-state index in [4.69, 9.17) is 11.6 Å². The minimum absolute atomic E-state index is 0.119. The third-order valence-electron chi connectivity index (χ3n) is 2.69. The molecule has 7 heteroatoms. The van der Waals surface area contributed by atoms with Crippen molar-refractivity contribution in [1.29, 1.82) is 0 Å². The molecule has 0 unspecified atom stereocenters. The van der Waals surface area contributed by atoms with E-state index in [-0.39, 0.29) is 24.7 Å². The predicted octanol–water partition coefficient (Wildman–Crippen LogP) is 2.83. The Morgan fingerprint density at radius 1 is 1.19 bits per heavy atom. The van der Waals surface area contributed by atoms with Gasteiger partial charge in [0, 0.05) is 36.0 Å². The van der Waals surface area contributed by atoms with Crippen molar-refractivity contribution in [1.82, 2.24) is 10.3 Å². The zero-order chi connectivity index (χ0) is 15.1. The summed E-state index contributed by atoms with van der Waals surface area (Å²) in [5, 5.41) is 8.28. The molecule has 0 aliphatic rings. The second-order valence-electron chi connectivity index (χ2n) is 4.25. The van der Waals surface area contributed by atoms with Crippen LogP contribution in [-0.4, -0.2) is 16.8 Å². The van der Waals surface area contributed by atoms with Gasteiger partial charge in [-0.05, 0) is 11.6 Å². The molecule has 1 aromatic carbocycles. The van der Waals surface area contributed by atoms with E-state index >= 15 is 0 Å². The molecule has 21 heavy (non-hydrogen) atoms. The maximum absolute atomic E-state index is 11.7. The van der Waals surface area contributed by atoms with Gasteiger partial charge in [0.2, 0.25) is 11.8 Å². The molecule has 2 rings (SSSR count). The molecule has 1 heterocycles. The number of hydrogen-bond acceptors (Lipinski definition) is 4. The molecular weight excluding hydrogens is 310 g/mol. The number of carbonyl (C=O) groups is 2. The van der Waals surface area contributed by atoms with Gasteiger partial charge in [0.25, 0.3) is 0 Å². The minimum atomic E-state index is -0.224. The standard InChI is InChI=1S/C14H14ClN3O2S/c15-11-4-2-1-3-10(11)9-17-12(19)5-6-13(20)18-14-16-7-8-21-14/h1-4,7-8H,5-6,9H2,(H,17,19)(H,16,18,20). The number of amides is 2. The van der Waals surface area contributed by atoms with Gasteiger partial charge < -0.3 is 10.6 Å². The van der Waals surface area contributed by atoms with E-state index in [1.54, 1.807) is 17.6 Å². The maximum Gasteiger partial charge on any atom is 0.226 e. The van der Waals surface area contributed by atoms with Crippen LogP contribution < -0.4 is 10.6 Å². The third-order valence-corrected chi connectivity index (χ3v) is 3.75. The quantitative estimate of drug-likeness (QED) is 0.858. The van der Waals surface area contributed by atoms with Crippen LogP contribution in [0.15, 0.2) is 35.8 Å². The maximum atomic E-state index is 11.7. The average molecular weight is 324 g/mol. The fourth-order valence-corrected chi connectivity index (χ4v) is 2.37. The summed E-state index contributed by atoms with van der Waals surface area (Å²) in [6.07, 6.45) is 1.85. The first-order valence-electron chi connectivity index (χ1n) is 6.34. The molecule has 1 aromatic heterocycles. The zero-order valence-corrected chi connectivity index (χ0v) is 12.7. The van der Waals surface area contributed by atoms with Crippen LogP contribution >= 0.6 is 22.9 Å². The highest BCUT2D eigenvalue weighted by Crippen LogP contribution is 2.14. The highest BCUT2D eigenvalue weighted by molar-refractivity contribution is 7.13. The van der Waals surface area contributed by atoms with E-state index in [2.05, 4.69) is 15.6 Å². The van der Waals surface area contributed by atoms with Crippen molar-refractivity contribution >= 4 is 39.9 Å². The van der Waals surface area contributed by atoms with Crippen molar-refractivity contribution in [2.24, 2.45) is 0 Å². The number of benzene rings is 1. The molecular formula is C14H14ClN3O2S. The Bertz CT molecular complexity index is 616. The molecule has 0 atom stereocenters. The first-order chi connectivity index (χ1) is 10.1. The number of halogens is 1. The normalized spacial score (nSPS) is 10.1. The zero-order valence-electron chi connectivity index (χ0n) is 11.1. The lowest BCUT2D eigenvalue weighted by atomic mass is 10.2. The van der Waals surface area contributed by atoms with Crippen LogP contribution in [0.3, 0.4) is 0 Å². The second-order valence-corrected chi connectivity index (χ2v) is 5.56. The van der Waals surface area contributed by atoms with E-state index in [1.807, 2.05) is 18.2 Å². The molecule has 0 aliphatic heterocycles. The summed E-state index contributed by atoms with van der Waals surface area (Å²) in [5.41, 5.74) is 0.847. The molecule has 0 aliphatic carbocycles. The van der Waals surface area contributed by atoms with Gasteiger partial charge in [0.1, 0.15) is 0 Å². The Kier molecular flexibility index (Phi) is 5.71. The highest BCUT2D eigenvalue weighted by atomic mass is 35.5. The number of nitrogens with zero attached hydrogens (tertiary/aromatic N) is 1. The molecule has 2 N–H and O–H groups in total. The Morgan fingerprint density at radius 2 is 1.95 bits per heavy atom. The van der Waals surface area contributed by atoms with E-state index in [9.17, 15) is 9.59 Å². The van der Waals surface area contributed by atoms with Gasteiger partial charge in [-0.3, -0.25) is 9.59 Å². The summed E-state index contributed by atoms with van der Waals surface area (Å²) in [7, 11) is 0. The molecule has 0 bridgehead atoms. The molecule has 5 nitrogen and oxygen atoms in total. The van der Waals surface area contributed by atoms with E-state index < -0.39 is 0 Å². The van der Waals surface area contributed by atoms with Crippen molar-refractivity contribution < 1.29 is 9.59 Å². The summed E-state index contributed by atoms with van der Waals surface area (Å²) in [6.45, 7) is 0.354. The second kappa shape index (κ2) is 7.75. The first-order valence-corrected chi connectivity index (χ1v) is 7.60. The number of rotatable bonds is 6. The largest absolute Gasteiger partial charge is 0.352 e. The Morgan fingerprint density at radius 3 is 2.67 bits per heavy atom. The van der Waals surface area contributed by atoms with Gasteiger partial charge in [-0.15, -0.1) is 11.3 Å². The fourth-order valence-electron chi connectivity index (χ4n) is 1.62. The number of hydrogen-bond donors (Lipinski definition) is 2. The van der Waals surface area contributed by atoms with Crippen molar-refractivity contribution in [2.45, 2.75) is 19.4 Å². The summed E-state index contributed by atoms with van der Waals surface area (Å²) in [5.74, 6) is -0.415. The van der Waals surface area contributed by atoms with Gasteiger partial charge >= 0.3 is 0 Å². The van der Waals surface area contributed by atoms with Gasteiger partial charge in [-0.2, -0.15) is 0 Å². The van der Waals surface area contributed by atoms with Crippen molar-refractivity contribution in [3.8, 4) is 0 Å². The predicted molar refractivity (Wildman–Crippen MR) is 83.3 cm³/mol. The lowest BCUT2D eigenvalue weighted by molar-refractivity contribution is -0.124. The van der Waals surface area contributed by atoms with E-state index in [1.165, 1.54) is 11.3 Å². The number of nitrogens with one attached hydrogen (secondary N) is 2. The summed E-state index contributed by atoms with van der Waals surface area (Å²) in [6, 6.07) is 7.30.